The van der Waals surface area contributed by atoms with Crippen LogP contribution in [0.4, 0.5) is 34.1 Å². The molecule has 8 aromatic carbocycles. The molecule has 3 aliphatic rings. The number of ether oxygens (including phenoxy) is 1. The summed E-state index contributed by atoms with van der Waals surface area (Å²) in [5, 5.41) is -1.76. The van der Waals surface area contributed by atoms with E-state index in [2.05, 4.69) is 0 Å². The molecular weight excluding hydrogens is 669 g/mol. The molecule has 0 amide bonds. The van der Waals surface area contributed by atoms with Gasteiger partial charge in [0.25, 0.3) is 0 Å². The number of hydrogen-bond donors (Lipinski definition) is 0. The predicted molar refractivity (Wildman–Crippen MR) is 229 cm³/mol. The Morgan fingerprint density at radius 1 is 0.527 bits per heavy atom. The third-order valence-electron chi connectivity index (χ3n) is 9.24. The van der Waals surface area contributed by atoms with E-state index in [1.165, 1.54) is 0 Å². The maximum absolute atomic E-state index is 10.4. The molecule has 0 N–H and O–H groups in total. The van der Waals surface area contributed by atoms with Crippen molar-refractivity contribution in [3.8, 4) is 33.8 Å². The van der Waals surface area contributed by atoms with Gasteiger partial charge in [0.15, 0.2) is 11.5 Å². The standard InChI is InChI=1S/C52H40N2O/c1-51(2)41-19-11-10-18-39(41)40-28-27-37(32-43(40)51)53(36-25-22-34(23-26-36)33-14-6-5-7-15-33)45-29-31-47-50-48(45)52(3,4)42-20-12-13-21-44(42)54(50)49-38-17-9-8-16-35(38)24-30-46(49)55-47/h5-32H,1-4H3/i1D3,2D3,3D3,4D3,5D,6D,7D,8D,9D,10D,11D,12D,13D,14D,15D,16D,17D,18D,19D,20D,21D,22D,23D,24D,25D,26D,27D,28D,29D,30D,31D,32D. The monoisotopic (exact) mass is 749 g/mol. The summed E-state index contributed by atoms with van der Waals surface area (Å²) in [4.78, 5) is 0.383. The van der Waals surface area contributed by atoms with Crippen molar-refractivity contribution in [2.75, 3.05) is 9.80 Å². The number of rotatable bonds is 4. The Bertz CT molecular complexity index is 4840. The van der Waals surface area contributed by atoms with Gasteiger partial charge in [0.2, 0.25) is 0 Å². The average Bonchev–Trinajstić information content (AvgIpc) is 1.39. The number of fused-ring (bicyclic) bond motifs is 9. The van der Waals surface area contributed by atoms with Crippen molar-refractivity contribution in [2.45, 2.75) is 38.2 Å². The first-order valence-electron chi connectivity index (χ1n) is 36.0. The summed E-state index contributed by atoms with van der Waals surface area (Å²) in [6.45, 7) is -17.5. The van der Waals surface area contributed by atoms with Crippen LogP contribution < -0.4 is 14.5 Å². The Morgan fingerprint density at radius 3 is 2.02 bits per heavy atom. The van der Waals surface area contributed by atoms with Crippen LogP contribution in [0.2, 0.25) is 0 Å². The van der Waals surface area contributed by atoms with Crippen LogP contribution in [-0.4, -0.2) is 0 Å². The highest BCUT2D eigenvalue weighted by Gasteiger charge is 2.45. The van der Waals surface area contributed by atoms with E-state index in [1.807, 2.05) is 0 Å². The Morgan fingerprint density at radius 2 is 1.18 bits per heavy atom. The zero-order chi connectivity index (χ0) is 71.4. The Kier molecular flexibility index (Phi) is 2.34. The van der Waals surface area contributed by atoms with Gasteiger partial charge < -0.3 is 14.5 Å². The van der Waals surface area contributed by atoms with E-state index >= 15 is 0 Å². The fourth-order valence-corrected chi connectivity index (χ4v) is 6.88. The van der Waals surface area contributed by atoms with E-state index in [0.29, 0.717) is 4.90 Å². The highest BCUT2D eigenvalue weighted by molar-refractivity contribution is 6.07. The lowest BCUT2D eigenvalue weighted by Gasteiger charge is -2.47. The third-order valence-corrected chi connectivity index (χ3v) is 9.24. The second-order valence-electron chi connectivity index (χ2n) is 12.3. The van der Waals surface area contributed by atoms with Crippen LogP contribution in [-0.2, 0) is 10.8 Å². The number of anilines is 6. The van der Waals surface area contributed by atoms with Gasteiger partial charge in [-0.1, -0.05) is 148 Å². The molecule has 0 fully saturated rings. The van der Waals surface area contributed by atoms with Gasteiger partial charge in [0, 0.05) is 49.6 Å². The van der Waals surface area contributed by atoms with Crippen LogP contribution in [0.1, 0.15) is 104 Å². The zero-order valence-electron chi connectivity index (χ0n) is 67.3. The van der Waals surface area contributed by atoms with Crippen LogP contribution >= 0.6 is 0 Å². The summed E-state index contributed by atoms with van der Waals surface area (Å²) in [6, 6.07) is -37.5. The molecule has 0 spiro atoms. The van der Waals surface area contributed by atoms with Crippen molar-refractivity contribution in [1.29, 1.82) is 0 Å². The van der Waals surface area contributed by atoms with Crippen LogP contribution in [0, 0.1) is 0 Å². The molecule has 0 aromatic heterocycles. The van der Waals surface area contributed by atoms with Gasteiger partial charge in [-0.15, -0.1) is 0 Å². The van der Waals surface area contributed by atoms with Crippen molar-refractivity contribution in [3.05, 3.63) is 191 Å². The van der Waals surface area contributed by atoms with Crippen molar-refractivity contribution in [1.82, 2.24) is 0 Å². The van der Waals surface area contributed by atoms with Crippen molar-refractivity contribution in [2.24, 2.45) is 0 Å². The molecule has 3 nitrogen and oxygen atoms in total. The third kappa shape index (κ3) is 4.50. The summed E-state index contributed by atoms with van der Waals surface area (Å²) in [6.07, 6.45) is 0. The first-order valence-corrected chi connectivity index (χ1v) is 16.0. The molecule has 0 radical (unpaired) electrons. The van der Waals surface area contributed by atoms with Crippen LogP contribution in [0.5, 0.6) is 11.5 Å². The van der Waals surface area contributed by atoms with Crippen molar-refractivity contribution >= 4 is 44.9 Å². The minimum absolute atomic E-state index is 0.0725. The molecule has 2 aliphatic heterocycles. The Hall–Kier alpha value is -6.58. The minimum atomic E-state index is -4.50. The predicted octanol–water partition coefficient (Wildman–Crippen LogP) is 14.5. The van der Waals surface area contributed by atoms with Gasteiger partial charge >= 0.3 is 0 Å². The lowest BCUT2D eigenvalue weighted by atomic mass is 9.72. The first-order chi connectivity index (χ1) is 43.5. The van der Waals surface area contributed by atoms with E-state index in [4.69, 9.17) is 33.5 Å². The van der Waals surface area contributed by atoms with E-state index in [-0.39, 0.29) is 4.90 Å². The number of benzene rings is 8. The van der Waals surface area contributed by atoms with Crippen LogP contribution in [0.3, 0.4) is 0 Å². The molecule has 0 bridgehead atoms. The number of nitrogens with zero attached hydrogens (tertiary/aromatic N) is 2. The molecule has 1 aliphatic carbocycles. The molecular formula is C52H40N2O. The summed E-state index contributed by atoms with van der Waals surface area (Å²) in [5.74, 6) is -2.37. The van der Waals surface area contributed by atoms with Gasteiger partial charge in [-0.2, -0.15) is 0 Å². The van der Waals surface area contributed by atoms with E-state index in [1.54, 1.807) is 0 Å². The zero-order valence-corrected chi connectivity index (χ0v) is 27.3. The van der Waals surface area contributed by atoms with Gasteiger partial charge in [-0.3, -0.25) is 0 Å². The van der Waals surface area contributed by atoms with E-state index < -0.39 is 308 Å². The second kappa shape index (κ2) is 11.5. The van der Waals surface area contributed by atoms with Crippen molar-refractivity contribution < 1.29 is 59.6 Å². The molecule has 0 atom stereocenters. The Balaban J connectivity index is 1.51. The number of para-hydroxylation sites is 1. The summed E-state index contributed by atoms with van der Waals surface area (Å²) in [7, 11) is 0. The lowest BCUT2D eigenvalue weighted by molar-refractivity contribution is 0.472. The van der Waals surface area contributed by atoms with Gasteiger partial charge in [0.05, 0.1) is 61.1 Å². The maximum atomic E-state index is 10.4. The van der Waals surface area contributed by atoms with E-state index in [0.717, 1.165) is 0 Å². The summed E-state index contributed by atoms with van der Waals surface area (Å²) in [5.41, 5.74) is -27.8. The summed E-state index contributed by atoms with van der Waals surface area (Å²) >= 11 is 0. The van der Waals surface area contributed by atoms with Gasteiger partial charge in [-0.05, 0) is 92.7 Å². The fourth-order valence-electron chi connectivity index (χ4n) is 6.88. The van der Waals surface area contributed by atoms with Crippen LogP contribution in [0.25, 0.3) is 33.0 Å². The average molecular weight is 749 g/mol. The number of hydrogen-bond acceptors (Lipinski definition) is 3. The summed E-state index contributed by atoms with van der Waals surface area (Å²) < 4.78 is 378. The van der Waals surface area contributed by atoms with E-state index in [9.17, 15) is 26.0 Å². The molecule has 2 heterocycles. The molecule has 55 heavy (non-hydrogen) atoms. The topological polar surface area (TPSA) is 15.7 Å². The Labute approximate surface area is 378 Å². The molecule has 11 rings (SSSR count). The normalized spacial score (nSPS) is 26.2. The van der Waals surface area contributed by atoms with Crippen LogP contribution in [0.15, 0.2) is 169 Å². The largest absolute Gasteiger partial charge is 0.453 e. The minimum Gasteiger partial charge on any atom is -0.453 e. The maximum Gasteiger partial charge on any atom is 0.152 e. The molecule has 0 unspecified atom stereocenters. The second-order valence-corrected chi connectivity index (χ2v) is 12.3. The lowest BCUT2D eigenvalue weighted by Crippen LogP contribution is -2.34. The first kappa shape index (κ1) is 11.2. The molecule has 8 aromatic rings. The molecule has 3 heteroatoms. The smallest absolute Gasteiger partial charge is 0.152 e. The highest BCUT2D eigenvalue weighted by atomic mass is 16.5. The van der Waals surface area contributed by atoms with Gasteiger partial charge in [-0.25, -0.2) is 0 Å². The SMILES string of the molecule is [2H]c1c([2H])c([2H])c(-c2c([2H])c([2H])c(N(c3c([2H])c([2H])c4c(c3[2H])C(C([2H])([2H])[2H])(C([2H])([2H])[2H])c3c([2H])c([2H])c([2H])c([2H])c3-4)c3c([2H])c([2H])c4c5c3C(C([2H])([2H])[2H])(C([2H])([2H])[2H])c3c([2H])c([2H])c([2H])c([2H])c3N5c3c(c([2H])c([2H])c5c([2H])c([2H])c([2H])c([2H])c35)O4)c([2H])c2[2H])c([2H])c1[2H]. The van der Waals surface area contributed by atoms with Crippen molar-refractivity contribution in [3.63, 3.8) is 0 Å². The van der Waals surface area contributed by atoms with Gasteiger partial charge in [0.1, 0.15) is 0 Å². The molecule has 264 valence electrons. The fraction of sp³-hybridized carbons (Fsp3) is 0.115. The molecule has 0 saturated heterocycles. The quantitative estimate of drug-likeness (QED) is 0.178. The highest BCUT2D eigenvalue weighted by Crippen LogP contribution is 2.64. The molecule has 0 saturated carbocycles.